The first-order chi connectivity index (χ1) is 32.1. The van der Waals surface area contributed by atoms with Crippen LogP contribution in [0.2, 0.25) is 0 Å². The third-order valence-corrected chi connectivity index (χ3v) is 13.5. The van der Waals surface area contributed by atoms with Gasteiger partial charge in [0.05, 0.1) is 32.0 Å². The van der Waals surface area contributed by atoms with Crippen molar-refractivity contribution < 1.29 is 64.6 Å². The Hall–Kier alpha value is -1.27. The summed E-state index contributed by atoms with van der Waals surface area (Å²) in [5, 5.41) is 87.0. The third kappa shape index (κ3) is 26.1. The number of carbonyl (C=O) groups excluding carboxylic acids is 1. The van der Waals surface area contributed by atoms with E-state index in [4.69, 9.17) is 18.9 Å². The number of ether oxygens (including phenoxy) is 4. The van der Waals surface area contributed by atoms with Gasteiger partial charge < -0.3 is 65.1 Å². The fraction of sp³-hybridized carbons (Fsp3) is 0.942. The molecule has 390 valence electrons. The average Bonchev–Trinajstić information content (AvgIpc) is 3.31. The predicted octanol–water partition coefficient (Wildman–Crippen LogP) is 7.55. The molecular weight excluding hydrogens is 847 g/mol. The molecule has 0 saturated carbocycles. The van der Waals surface area contributed by atoms with E-state index in [1.807, 2.05) is 0 Å². The Bertz CT molecular complexity index is 1160. The zero-order valence-electron chi connectivity index (χ0n) is 41.5. The van der Waals surface area contributed by atoms with Crippen molar-refractivity contribution in [2.24, 2.45) is 0 Å². The molecule has 9 N–H and O–H groups in total. The Balaban J connectivity index is 1.80. The lowest BCUT2D eigenvalue weighted by Gasteiger charge is -2.46. The van der Waals surface area contributed by atoms with Crippen molar-refractivity contribution in [1.82, 2.24) is 5.32 Å². The molecule has 0 aromatic rings. The van der Waals surface area contributed by atoms with Gasteiger partial charge in [0.15, 0.2) is 12.6 Å². The van der Waals surface area contributed by atoms with Crippen LogP contribution in [0.5, 0.6) is 0 Å². The maximum Gasteiger partial charge on any atom is 0.220 e. The summed E-state index contributed by atoms with van der Waals surface area (Å²) in [5.41, 5.74) is 0. The standard InChI is InChI=1S/C52H99NO13/c1-3-5-7-9-11-13-15-17-19-20-21-22-24-26-28-30-32-34-36-44(57)53-40(41(56)35-33-31-29-27-25-23-18-16-14-12-10-8-6-4-2)39-63-51-49(62)47(60)50(43(38-55)65-51)66-52-48(61)46(59)45(58)42(37-54)64-52/h19-20,40-43,45-52,54-56,58-62H,3-18,21-39H2,1-2H3,(H,53,57)/b20-19-. The molecule has 66 heavy (non-hydrogen) atoms. The molecule has 2 rings (SSSR count). The summed E-state index contributed by atoms with van der Waals surface area (Å²) in [5.74, 6) is -0.210. The molecule has 2 fully saturated rings. The number of aliphatic hydroxyl groups excluding tert-OH is 8. The minimum absolute atomic E-state index is 0.210. The molecule has 14 heteroatoms. The molecule has 2 aliphatic rings. The Morgan fingerprint density at radius 3 is 1.44 bits per heavy atom. The highest BCUT2D eigenvalue weighted by atomic mass is 16.7. The topological polar surface area (TPSA) is 228 Å². The van der Waals surface area contributed by atoms with Gasteiger partial charge in [-0.05, 0) is 38.5 Å². The molecule has 2 heterocycles. The number of rotatable bonds is 42. The second kappa shape index (κ2) is 39.5. The molecule has 1 amide bonds. The maximum absolute atomic E-state index is 13.2. The van der Waals surface area contributed by atoms with Gasteiger partial charge in [-0.25, -0.2) is 0 Å². The quantitative estimate of drug-likeness (QED) is 0.0213. The molecular formula is C52H99NO13. The van der Waals surface area contributed by atoms with E-state index in [1.54, 1.807) is 0 Å². The zero-order chi connectivity index (χ0) is 48.2. The van der Waals surface area contributed by atoms with Crippen LogP contribution in [0, 0.1) is 0 Å². The summed E-state index contributed by atoms with van der Waals surface area (Å²) in [6.45, 7) is 2.86. The third-order valence-electron chi connectivity index (χ3n) is 13.5. The lowest BCUT2D eigenvalue weighted by molar-refractivity contribution is -0.359. The SMILES string of the molecule is CCCCCCCCC/C=C\CCCCCCCCCC(=O)NC(COC1OC(CO)C(OC2OC(CO)C(O)C(O)C2O)C(O)C1O)C(O)CCCCCCCCCCCCCCCC. The highest BCUT2D eigenvalue weighted by molar-refractivity contribution is 5.76. The number of carbonyl (C=O) groups is 1. The van der Waals surface area contributed by atoms with Crippen LogP contribution >= 0.6 is 0 Å². The first kappa shape index (κ1) is 60.9. The van der Waals surface area contributed by atoms with E-state index in [1.165, 1.54) is 135 Å². The number of aliphatic hydroxyl groups is 8. The van der Waals surface area contributed by atoms with Gasteiger partial charge in [0.25, 0.3) is 0 Å². The Kier molecular flexibility index (Phi) is 36.4. The molecule has 12 atom stereocenters. The largest absolute Gasteiger partial charge is 0.394 e. The summed E-state index contributed by atoms with van der Waals surface area (Å²) in [4.78, 5) is 13.2. The molecule has 0 bridgehead atoms. The maximum atomic E-state index is 13.2. The van der Waals surface area contributed by atoms with Gasteiger partial charge in [-0.1, -0.05) is 187 Å². The summed E-state index contributed by atoms with van der Waals surface area (Å²) >= 11 is 0. The van der Waals surface area contributed by atoms with Crippen molar-refractivity contribution in [3.8, 4) is 0 Å². The first-order valence-corrected chi connectivity index (χ1v) is 26.9. The number of amides is 1. The Morgan fingerprint density at radius 2 is 0.955 bits per heavy atom. The minimum atomic E-state index is -1.78. The minimum Gasteiger partial charge on any atom is -0.394 e. The van der Waals surface area contributed by atoms with Crippen molar-refractivity contribution in [2.75, 3.05) is 19.8 Å². The van der Waals surface area contributed by atoms with E-state index >= 15 is 0 Å². The van der Waals surface area contributed by atoms with Crippen LogP contribution in [-0.4, -0.2) is 140 Å². The van der Waals surface area contributed by atoms with Gasteiger partial charge in [0.2, 0.25) is 5.91 Å². The van der Waals surface area contributed by atoms with E-state index < -0.39 is 86.8 Å². The van der Waals surface area contributed by atoms with E-state index in [0.29, 0.717) is 12.8 Å². The van der Waals surface area contributed by atoms with E-state index in [2.05, 4.69) is 31.3 Å². The van der Waals surface area contributed by atoms with Gasteiger partial charge >= 0.3 is 0 Å². The Morgan fingerprint density at radius 1 is 0.530 bits per heavy atom. The van der Waals surface area contributed by atoms with Gasteiger partial charge in [-0.15, -0.1) is 0 Å². The molecule has 14 nitrogen and oxygen atoms in total. The smallest absolute Gasteiger partial charge is 0.220 e. The normalized spacial score (nSPS) is 26.8. The molecule has 0 aromatic heterocycles. The number of hydrogen-bond acceptors (Lipinski definition) is 13. The summed E-state index contributed by atoms with van der Waals surface area (Å²) in [6, 6.07) is -0.826. The number of unbranched alkanes of at least 4 members (excludes halogenated alkanes) is 27. The Labute approximate surface area is 399 Å². The van der Waals surface area contributed by atoms with Crippen molar-refractivity contribution in [3.05, 3.63) is 12.2 Å². The van der Waals surface area contributed by atoms with Crippen molar-refractivity contribution >= 4 is 5.91 Å². The molecule has 2 saturated heterocycles. The highest BCUT2D eigenvalue weighted by Gasteiger charge is 2.51. The van der Waals surface area contributed by atoms with Crippen molar-refractivity contribution in [2.45, 2.75) is 293 Å². The summed E-state index contributed by atoms with van der Waals surface area (Å²) in [7, 11) is 0. The number of allylic oxidation sites excluding steroid dienone is 2. The van der Waals surface area contributed by atoms with Gasteiger partial charge in [-0.3, -0.25) is 4.79 Å². The number of hydrogen-bond donors (Lipinski definition) is 9. The van der Waals surface area contributed by atoms with Crippen LogP contribution in [0.4, 0.5) is 0 Å². The molecule has 0 spiro atoms. The van der Waals surface area contributed by atoms with Crippen LogP contribution in [0.1, 0.15) is 219 Å². The van der Waals surface area contributed by atoms with Gasteiger partial charge in [-0.2, -0.15) is 0 Å². The average molecular weight is 946 g/mol. The van der Waals surface area contributed by atoms with E-state index in [0.717, 1.165) is 57.8 Å². The summed E-state index contributed by atoms with van der Waals surface area (Å²) < 4.78 is 22.8. The van der Waals surface area contributed by atoms with Crippen molar-refractivity contribution in [1.29, 1.82) is 0 Å². The van der Waals surface area contributed by atoms with Gasteiger partial charge in [0.1, 0.15) is 48.8 Å². The fourth-order valence-electron chi connectivity index (χ4n) is 9.06. The second-order valence-corrected chi connectivity index (χ2v) is 19.4. The van der Waals surface area contributed by atoms with Crippen LogP contribution in [0.25, 0.3) is 0 Å². The van der Waals surface area contributed by atoms with Crippen LogP contribution in [-0.2, 0) is 23.7 Å². The van der Waals surface area contributed by atoms with Crippen molar-refractivity contribution in [3.63, 3.8) is 0 Å². The van der Waals surface area contributed by atoms with Gasteiger partial charge in [0, 0.05) is 6.42 Å². The molecule has 0 aliphatic carbocycles. The molecule has 0 aromatic carbocycles. The van der Waals surface area contributed by atoms with Crippen LogP contribution in [0.3, 0.4) is 0 Å². The molecule has 12 unspecified atom stereocenters. The highest BCUT2D eigenvalue weighted by Crippen LogP contribution is 2.30. The van der Waals surface area contributed by atoms with Crippen LogP contribution in [0.15, 0.2) is 12.2 Å². The van der Waals surface area contributed by atoms with Crippen LogP contribution < -0.4 is 5.32 Å². The molecule has 2 aliphatic heterocycles. The predicted molar refractivity (Wildman–Crippen MR) is 259 cm³/mol. The van der Waals surface area contributed by atoms with E-state index in [-0.39, 0.29) is 12.5 Å². The number of nitrogens with one attached hydrogen (secondary N) is 1. The fourth-order valence-corrected chi connectivity index (χ4v) is 9.06. The van der Waals surface area contributed by atoms with E-state index in [9.17, 15) is 45.6 Å². The zero-order valence-corrected chi connectivity index (χ0v) is 41.5. The first-order valence-electron chi connectivity index (χ1n) is 26.9. The monoisotopic (exact) mass is 946 g/mol. The summed E-state index contributed by atoms with van der Waals surface area (Å²) in [6.07, 6.45) is 24.9. The molecule has 0 radical (unpaired) electrons. The second-order valence-electron chi connectivity index (χ2n) is 19.4. The lowest BCUT2D eigenvalue weighted by Crippen LogP contribution is -2.65. The lowest BCUT2D eigenvalue weighted by atomic mass is 9.97.